The van der Waals surface area contributed by atoms with Gasteiger partial charge in [0.05, 0.1) is 18.1 Å². The average Bonchev–Trinajstić information content (AvgIpc) is 3.08. The lowest BCUT2D eigenvalue weighted by atomic mass is 10.1. The van der Waals surface area contributed by atoms with Crippen LogP contribution in [0.3, 0.4) is 0 Å². The van der Waals surface area contributed by atoms with E-state index in [0.29, 0.717) is 6.54 Å². The number of thiophene rings is 1. The summed E-state index contributed by atoms with van der Waals surface area (Å²) >= 11 is 1.60. The molecule has 1 heterocycles. The predicted molar refractivity (Wildman–Crippen MR) is 92.7 cm³/mol. The number of carbonyl (C=O) groups is 1. The lowest BCUT2D eigenvalue weighted by Gasteiger charge is -2.24. The van der Waals surface area contributed by atoms with Crippen LogP contribution < -0.4 is 10.1 Å². The van der Waals surface area contributed by atoms with Gasteiger partial charge in [-0.15, -0.1) is 0 Å². The second-order valence-electron chi connectivity index (χ2n) is 5.39. The molecule has 0 unspecified atom stereocenters. The number of hydrogen-bond donors (Lipinski definition) is 1. The topological polar surface area (TPSA) is 84.7 Å². The molecule has 7 nitrogen and oxygen atoms in total. The molecule has 2 aromatic rings. The normalized spacial score (nSPS) is 12.0. The quantitative estimate of drug-likeness (QED) is 0.614. The van der Waals surface area contributed by atoms with Crippen LogP contribution in [0.4, 0.5) is 5.69 Å². The summed E-state index contributed by atoms with van der Waals surface area (Å²) in [5, 5.41) is 17.9. The summed E-state index contributed by atoms with van der Waals surface area (Å²) in [6.45, 7) is 0.405. The van der Waals surface area contributed by atoms with Crippen LogP contribution in [0.1, 0.15) is 22.0 Å². The molecular formula is C16H19N3O4S. The summed E-state index contributed by atoms with van der Waals surface area (Å²) < 4.78 is 4.94. The third-order valence-corrected chi connectivity index (χ3v) is 4.35. The highest BCUT2D eigenvalue weighted by atomic mass is 32.1. The lowest BCUT2D eigenvalue weighted by molar-refractivity contribution is -0.385. The molecule has 0 saturated heterocycles. The van der Waals surface area contributed by atoms with Gasteiger partial charge in [-0.25, -0.2) is 0 Å². The van der Waals surface area contributed by atoms with Gasteiger partial charge in [-0.1, -0.05) is 0 Å². The number of hydrogen-bond acceptors (Lipinski definition) is 6. The van der Waals surface area contributed by atoms with Gasteiger partial charge in [0.25, 0.3) is 5.91 Å². The Morgan fingerprint density at radius 3 is 2.71 bits per heavy atom. The molecule has 0 bridgehead atoms. The molecule has 0 saturated carbocycles. The van der Waals surface area contributed by atoms with E-state index < -0.39 is 4.92 Å². The van der Waals surface area contributed by atoms with Crippen molar-refractivity contribution >= 4 is 22.9 Å². The van der Waals surface area contributed by atoms with Crippen LogP contribution in [-0.4, -0.2) is 43.5 Å². The van der Waals surface area contributed by atoms with Crippen molar-refractivity contribution in [3.8, 4) is 5.75 Å². The molecule has 0 aliphatic carbocycles. The summed E-state index contributed by atoms with van der Waals surface area (Å²) in [7, 11) is 5.23. The minimum absolute atomic E-state index is 0.0356. The van der Waals surface area contributed by atoms with Crippen molar-refractivity contribution in [3.05, 3.63) is 56.3 Å². The van der Waals surface area contributed by atoms with E-state index >= 15 is 0 Å². The number of amides is 1. The highest BCUT2D eigenvalue weighted by molar-refractivity contribution is 7.07. The summed E-state index contributed by atoms with van der Waals surface area (Å²) in [6, 6.07) is 6.21. The van der Waals surface area contributed by atoms with Crippen LogP contribution in [-0.2, 0) is 0 Å². The van der Waals surface area contributed by atoms with E-state index in [-0.39, 0.29) is 28.9 Å². The van der Waals surface area contributed by atoms with Gasteiger partial charge in [0.2, 0.25) is 0 Å². The molecule has 0 radical (unpaired) electrons. The largest absolute Gasteiger partial charge is 0.490 e. The zero-order valence-corrected chi connectivity index (χ0v) is 14.5. The van der Waals surface area contributed by atoms with Gasteiger partial charge in [-0.3, -0.25) is 14.9 Å². The number of ether oxygens (including phenoxy) is 1. The van der Waals surface area contributed by atoms with Crippen molar-refractivity contribution in [1.82, 2.24) is 10.2 Å². The molecule has 0 aliphatic heterocycles. The van der Waals surface area contributed by atoms with E-state index in [4.69, 9.17) is 4.74 Å². The number of nitro benzene ring substituents is 1. The van der Waals surface area contributed by atoms with Crippen LogP contribution >= 0.6 is 11.3 Å². The van der Waals surface area contributed by atoms with Crippen molar-refractivity contribution in [2.45, 2.75) is 6.04 Å². The van der Waals surface area contributed by atoms with E-state index in [0.717, 1.165) is 5.56 Å². The fourth-order valence-electron chi connectivity index (χ4n) is 2.33. The maximum absolute atomic E-state index is 12.3. The highest BCUT2D eigenvalue weighted by Crippen LogP contribution is 2.27. The monoisotopic (exact) mass is 349 g/mol. The zero-order chi connectivity index (χ0) is 17.7. The van der Waals surface area contributed by atoms with Crippen LogP contribution in [0.2, 0.25) is 0 Å². The second-order valence-corrected chi connectivity index (χ2v) is 6.17. The smallest absolute Gasteiger partial charge is 0.311 e. The molecule has 1 aromatic carbocycles. The van der Waals surface area contributed by atoms with E-state index in [9.17, 15) is 14.9 Å². The van der Waals surface area contributed by atoms with Crippen molar-refractivity contribution in [2.75, 3.05) is 27.7 Å². The van der Waals surface area contributed by atoms with E-state index in [2.05, 4.69) is 5.32 Å². The molecule has 1 aromatic heterocycles. The van der Waals surface area contributed by atoms with Gasteiger partial charge < -0.3 is 15.0 Å². The minimum Gasteiger partial charge on any atom is -0.490 e. The Hall–Kier alpha value is -2.45. The van der Waals surface area contributed by atoms with Crippen molar-refractivity contribution < 1.29 is 14.5 Å². The van der Waals surface area contributed by atoms with Gasteiger partial charge in [0.15, 0.2) is 5.75 Å². The zero-order valence-electron chi connectivity index (χ0n) is 13.7. The number of benzene rings is 1. The molecule has 24 heavy (non-hydrogen) atoms. The molecule has 0 aliphatic rings. The first-order valence-electron chi connectivity index (χ1n) is 7.23. The number of carbonyl (C=O) groups excluding carboxylic acids is 1. The predicted octanol–water partition coefficient (Wildman–Crippen LogP) is 2.70. The molecule has 1 atom stereocenters. The van der Waals surface area contributed by atoms with Crippen molar-refractivity contribution in [3.63, 3.8) is 0 Å². The minimum atomic E-state index is -0.566. The maximum atomic E-state index is 12.3. The van der Waals surface area contributed by atoms with Gasteiger partial charge >= 0.3 is 5.69 Å². The molecule has 0 fully saturated rings. The summed E-state index contributed by atoms with van der Waals surface area (Å²) in [6.07, 6.45) is 0. The van der Waals surface area contributed by atoms with Crippen molar-refractivity contribution in [2.24, 2.45) is 0 Å². The first-order valence-corrected chi connectivity index (χ1v) is 8.17. The number of nitro groups is 1. The highest BCUT2D eigenvalue weighted by Gasteiger charge is 2.20. The molecule has 2 rings (SSSR count). The Kier molecular flexibility index (Phi) is 5.88. The first kappa shape index (κ1) is 17.9. The standard InChI is InChI=1S/C16H19N3O4S/c1-18(2)14(12-6-7-24-10-12)9-17-16(20)11-4-5-15(23-3)13(8-11)19(21)22/h4-8,10,14H,9H2,1-3H3,(H,17,20)/t14-/m1/s1. The number of methoxy groups -OCH3 is 1. The first-order chi connectivity index (χ1) is 11.4. The van der Waals surface area contributed by atoms with Crippen LogP contribution in [0.25, 0.3) is 0 Å². The van der Waals surface area contributed by atoms with E-state index in [1.807, 2.05) is 35.8 Å². The van der Waals surface area contributed by atoms with Gasteiger partial charge in [0, 0.05) is 18.2 Å². The lowest BCUT2D eigenvalue weighted by Crippen LogP contribution is -2.34. The number of rotatable bonds is 7. The Morgan fingerprint density at radius 1 is 1.42 bits per heavy atom. The van der Waals surface area contributed by atoms with Crippen molar-refractivity contribution in [1.29, 1.82) is 0 Å². The van der Waals surface area contributed by atoms with Crippen LogP contribution in [0.5, 0.6) is 5.75 Å². The SMILES string of the molecule is COc1ccc(C(=O)NC[C@H](c2ccsc2)N(C)C)cc1[N+](=O)[O-]. The summed E-state index contributed by atoms with van der Waals surface area (Å²) in [5.41, 5.74) is 1.11. The number of nitrogens with zero attached hydrogens (tertiary/aromatic N) is 2. The summed E-state index contributed by atoms with van der Waals surface area (Å²) in [5.74, 6) is -0.233. The fourth-order valence-corrected chi connectivity index (χ4v) is 3.04. The third-order valence-electron chi connectivity index (χ3n) is 3.65. The number of likely N-dealkylation sites (N-methyl/N-ethyl adjacent to an activating group) is 1. The molecule has 8 heteroatoms. The molecule has 1 amide bonds. The Labute approximate surface area is 144 Å². The fraction of sp³-hybridized carbons (Fsp3) is 0.312. The molecular weight excluding hydrogens is 330 g/mol. The summed E-state index contributed by atoms with van der Waals surface area (Å²) in [4.78, 5) is 24.8. The Balaban J connectivity index is 2.12. The molecule has 128 valence electrons. The maximum Gasteiger partial charge on any atom is 0.311 e. The van der Waals surface area contributed by atoms with Crippen LogP contribution in [0, 0.1) is 10.1 Å². The average molecular weight is 349 g/mol. The van der Waals surface area contributed by atoms with Gasteiger partial charge in [-0.05, 0) is 48.6 Å². The van der Waals surface area contributed by atoms with E-state index in [1.165, 1.54) is 25.3 Å². The van der Waals surface area contributed by atoms with E-state index in [1.54, 1.807) is 11.3 Å². The molecule has 0 spiro atoms. The number of nitrogens with one attached hydrogen (secondary N) is 1. The molecule has 1 N–H and O–H groups in total. The third kappa shape index (κ3) is 4.09. The van der Waals surface area contributed by atoms with Gasteiger partial charge in [0.1, 0.15) is 0 Å². The van der Waals surface area contributed by atoms with Crippen LogP contribution in [0.15, 0.2) is 35.0 Å². The second kappa shape index (κ2) is 7.89. The van der Waals surface area contributed by atoms with Gasteiger partial charge in [-0.2, -0.15) is 11.3 Å². The Morgan fingerprint density at radius 2 is 2.17 bits per heavy atom. The Bertz CT molecular complexity index is 716.